The van der Waals surface area contributed by atoms with E-state index in [-0.39, 0.29) is 11.8 Å². The van der Waals surface area contributed by atoms with Crippen LogP contribution in [0.2, 0.25) is 0 Å². The second kappa shape index (κ2) is 8.49. The van der Waals surface area contributed by atoms with Crippen LogP contribution in [0.5, 0.6) is 0 Å². The van der Waals surface area contributed by atoms with Gasteiger partial charge in [-0.25, -0.2) is 4.79 Å². The predicted octanol–water partition coefficient (Wildman–Crippen LogP) is -1.23. The molecular weight excluding hydrogens is 224 g/mol. The summed E-state index contributed by atoms with van der Waals surface area (Å²) in [5.74, 6) is 0.0926. The average molecular weight is 245 g/mol. The molecule has 0 aromatic heterocycles. The van der Waals surface area contributed by atoms with E-state index in [1.54, 1.807) is 5.18 Å². The van der Waals surface area contributed by atoms with E-state index in [0.717, 1.165) is 0 Å². The van der Waals surface area contributed by atoms with Crippen molar-refractivity contribution < 1.29 is 14.8 Å². The second-order valence-corrected chi connectivity index (χ2v) is 4.27. The molecule has 5 N–H and O–H groups in total. The van der Waals surface area contributed by atoms with E-state index in [1.165, 1.54) is 0 Å². The number of hydrogen-bond donors (Lipinski definition) is 4. The van der Waals surface area contributed by atoms with E-state index in [4.69, 9.17) is 5.73 Å². The second-order valence-electron chi connectivity index (χ2n) is 4.27. The molecule has 0 heterocycles. The molecule has 0 rings (SSSR count). The van der Waals surface area contributed by atoms with Crippen molar-refractivity contribution in [2.24, 2.45) is 11.7 Å². The summed E-state index contributed by atoms with van der Waals surface area (Å²) in [6, 6.07) is -0.597. The number of carbonyl (C=O) groups excluding carboxylic acids is 2. The summed E-state index contributed by atoms with van der Waals surface area (Å²) >= 11 is 0. The van der Waals surface area contributed by atoms with Crippen LogP contribution in [0, 0.1) is 10.8 Å². The molecule has 0 aliphatic carbocycles. The van der Waals surface area contributed by atoms with Crippen molar-refractivity contribution in [2.45, 2.75) is 39.3 Å². The first kappa shape index (κ1) is 15.3. The van der Waals surface area contributed by atoms with Gasteiger partial charge in [0.05, 0.1) is 0 Å². The van der Waals surface area contributed by atoms with Crippen LogP contribution >= 0.6 is 0 Å². The molecule has 0 saturated heterocycles. The fourth-order valence-electron chi connectivity index (χ4n) is 1.30. The Bertz CT molecular complexity index is 268. The average Bonchev–Trinajstić information content (AvgIpc) is 2.21. The molecule has 0 aromatic rings. The summed E-state index contributed by atoms with van der Waals surface area (Å²) < 4.78 is 0. The molecular formula is C10H21N4O3+. The van der Waals surface area contributed by atoms with Gasteiger partial charge in [0.25, 0.3) is 6.17 Å². The Morgan fingerprint density at radius 3 is 2.47 bits per heavy atom. The van der Waals surface area contributed by atoms with Gasteiger partial charge in [-0.2, -0.15) is 0 Å². The summed E-state index contributed by atoms with van der Waals surface area (Å²) in [5, 5.41) is 6.75. The third-order valence-electron chi connectivity index (χ3n) is 2.04. The van der Waals surface area contributed by atoms with Crippen LogP contribution in [0.4, 0.5) is 4.79 Å². The Morgan fingerprint density at radius 1 is 1.35 bits per heavy atom. The lowest BCUT2D eigenvalue weighted by Gasteiger charge is -2.09. The van der Waals surface area contributed by atoms with Crippen molar-refractivity contribution in [1.82, 2.24) is 10.6 Å². The summed E-state index contributed by atoms with van der Waals surface area (Å²) in [5.41, 5.74) is 4.88. The number of rotatable bonds is 8. The Kier molecular flexibility index (Phi) is 7.66. The fraction of sp³-hybridized carbons (Fsp3) is 0.800. The van der Waals surface area contributed by atoms with Crippen molar-refractivity contribution in [3.8, 4) is 0 Å². The number of nitrogens with two attached hydrogens (primary N) is 1. The van der Waals surface area contributed by atoms with E-state index >= 15 is 0 Å². The highest BCUT2D eigenvalue weighted by atomic mass is 16.3. The summed E-state index contributed by atoms with van der Waals surface area (Å²) in [6.45, 7) is 4.24. The quantitative estimate of drug-likeness (QED) is 0.317. The minimum absolute atomic E-state index is 0.156. The first-order valence-corrected chi connectivity index (χ1v) is 5.66. The van der Waals surface area contributed by atoms with Gasteiger partial charge in [-0.1, -0.05) is 13.8 Å². The molecule has 0 spiro atoms. The molecule has 7 heteroatoms. The van der Waals surface area contributed by atoms with Gasteiger partial charge >= 0.3 is 6.03 Å². The maximum atomic E-state index is 11.4. The van der Waals surface area contributed by atoms with Gasteiger partial charge in [-0.3, -0.25) is 10.1 Å². The first-order chi connectivity index (χ1) is 7.95. The van der Waals surface area contributed by atoms with Gasteiger partial charge in [-0.05, 0) is 12.3 Å². The summed E-state index contributed by atoms with van der Waals surface area (Å²) in [4.78, 5) is 32.4. The first-order valence-electron chi connectivity index (χ1n) is 5.66. The third kappa shape index (κ3) is 9.28. The van der Waals surface area contributed by atoms with Crippen LogP contribution < -0.4 is 21.5 Å². The summed E-state index contributed by atoms with van der Waals surface area (Å²) in [6.07, 6.45) is 0.770. The minimum atomic E-state index is -0.615. The van der Waals surface area contributed by atoms with E-state index in [9.17, 15) is 14.5 Å². The van der Waals surface area contributed by atoms with E-state index in [2.05, 4.69) is 10.6 Å². The van der Waals surface area contributed by atoms with Crippen LogP contribution in [0.1, 0.15) is 33.1 Å². The van der Waals surface area contributed by atoms with Gasteiger partial charge < -0.3 is 11.1 Å². The number of amides is 3. The van der Waals surface area contributed by atoms with E-state index in [1.807, 2.05) is 13.8 Å². The van der Waals surface area contributed by atoms with E-state index in [0.29, 0.717) is 25.8 Å². The van der Waals surface area contributed by atoms with Crippen LogP contribution in [0.15, 0.2) is 0 Å². The number of hydrogen-bond acceptors (Lipinski definition) is 3. The molecule has 0 aromatic carbocycles. The van der Waals surface area contributed by atoms with Crippen LogP contribution in [0.3, 0.4) is 0 Å². The monoisotopic (exact) mass is 245 g/mol. The Labute approximate surface area is 100 Å². The normalized spacial score (nSPS) is 11.9. The number of primary amides is 1. The SMILES string of the molecule is CC(C)CC(=O)NC(CCCNC(N)=O)[NH+]=O. The Hall–Kier alpha value is -1.66. The van der Waals surface area contributed by atoms with Gasteiger partial charge in [0.1, 0.15) is 0 Å². The van der Waals surface area contributed by atoms with Crippen molar-refractivity contribution in [3.63, 3.8) is 0 Å². The zero-order chi connectivity index (χ0) is 13.3. The molecule has 98 valence electrons. The Morgan fingerprint density at radius 2 is 2.00 bits per heavy atom. The minimum Gasteiger partial charge on any atom is -0.352 e. The van der Waals surface area contributed by atoms with Crippen LogP contribution in [-0.2, 0) is 4.79 Å². The van der Waals surface area contributed by atoms with Gasteiger partial charge in [0.15, 0.2) is 0 Å². The lowest BCUT2D eigenvalue weighted by Crippen LogP contribution is -2.78. The van der Waals surface area contributed by atoms with Gasteiger partial charge in [0.2, 0.25) is 5.91 Å². The molecule has 0 aliphatic rings. The van der Waals surface area contributed by atoms with Gasteiger partial charge in [-0.15, -0.1) is 0 Å². The predicted molar refractivity (Wildman–Crippen MR) is 62.5 cm³/mol. The van der Waals surface area contributed by atoms with Crippen molar-refractivity contribution >= 4 is 11.9 Å². The van der Waals surface area contributed by atoms with Crippen LogP contribution in [0.25, 0.3) is 0 Å². The molecule has 1 atom stereocenters. The fourth-order valence-corrected chi connectivity index (χ4v) is 1.30. The largest absolute Gasteiger partial charge is 0.352 e. The standard InChI is InChI=1S/C10H20N4O3/c1-7(2)6-9(15)13-8(14-17)4-3-5-12-10(11)16/h7-8H,3-6H2,1-2H3,(H,13,15)(H3,11,12,16)/p+1. The molecule has 7 nitrogen and oxygen atoms in total. The van der Waals surface area contributed by atoms with Crippen LogP contribution in [-0.4, -0.2) is 24.6 Å². The van der Waals surface area contributed by atoms with Gasteiger partial charge in [0, 0.05) is 29.5 Å². The number of urea groups is 1. The molecule has 0 fully saturated rings. The molecule has 0 radical (unpaired) electrons. The molecule has 1 unspecified atom stereocenters. The number of nitroso groups, excluding NO2 is 1. The molecule has 3 amide bonds. The lowest BCUT2D eigenvalue weighted by molar-refractivity contribution is -0.531. The van der Waals surface area contributed by atoms with Crippen molar-refractivity contribution in [2.75, 3.05) is 6.54 Å². The summed E-state index contributed by atoms with van der Waals surface area (Å²) in [7, 11) is 0. The molecule has 0 bridgehead atoms. The highest BCUT2D eigenvalue weighted by Gasteiger charge is 2.17. The maximum absolute atomic E-state index is 11.4. The highest BCUT2D eigenvalue weighted by Crippen LogP contribution is 1.99. The number of nitrogens with one attached hydrogen (secondary N) is 3. The maximum Gasteiger partial charge on any atom is 0.312 e. The zero-order valence-electron chi connectivity index (χ0n) is 10.3. The molecule has 17 heavy (non-hydrogen) atoms. The highest BCUT2D eigenvalue weighted by molar-refractivity contribution is 5.76. The van der Waals surface area contributed by atoms with Crippen molar-refractivity contribution in [1.29, 1.82) is 0 Å². The third-order valence-corrected chi connectivity index (χ3v) is 2.04. The zero-order valence-corrected chi connectivity index (χ0v) is 10.3. The van der Waals surface area contributed by atoms with Crippen molar-refractivity contribution in [3.05, 3.63) is 4.91 Å². The van der Waals surface area contributed by atoms with E-state index < -0.39 is 12.2 Å². The molecule has 0 aliphatic heterocycles. The topological polar surface area (TPSA) is 115 Å². The lowest BCUT2D eigenvalue weighted by atomic mass is 10.1. The Balaban J connectivity index is 3.79. The smallest absolute Gasteiger partial charge is 0.312 e. The molecule has 0 saturated carbocycles. The number of carbonyl (C=O) groups is 2.